The number of ether oxygens (including phenoxy) is 2. The molecule has 1 aliphatic heterocycles. The number of anilines is 1. The third-order valence-electron chi connectivity index (χ3n) is 5.27. The number of fused-ring (bicyclic) bond motifs is 2. The number of aryl methyl sites for hydroxylation is 1. The molecular formula is C18H30N4O2. The molecule has 24 heavy (non-hydrogen) atoms. The van der Waals surface area contributed by atoms with Crippen LogP contribution in [0.25, 0.3) is 0 Å². The molecule has 6 heteroatoms. The Morgan fingerprint density at radius 3 is 2.92 bits per heavy atom. The number of rotatable bonds is 7. The Bertz CT molecular complexity index is 548. The van der Waals surface area contributed by atoms with E-state index in [-0.39, 0.29) is 5.41 Å². The fraction of sp³-hybridized carbons (Fsp3) is 0.778. The highest BCUT2D eigenvalue weighted by molar-refractivity contribution is 5.39. The second-order valence-electron chi connectivity index (χ2n) is 7.20. The van der Waals surface area contributed by atoms with Crippen molar-refractivity contribution in [3.05, 3.63) is 17.5 Å². The molecule has 0 radical (unpaired) electrons. The maximum atomic E-state index is 5.65. The van der Waals surface area contributed by atoms with Crippen molar-refractivity contribution in [3.63, 3.8) is 0 Å². The van der Waals surface area contributed by atoms with Crippen LogP contribution in [-0.2, 0) is 21.3 Å². The van der Waals surface area contributed by atoms with E-state index in [2.05, 4.69) is 9.88 Å². The highest BCUT2D eigenvalue weighted by Gasteiger charge is 2.43. The van der Waals surface area contributed by atoms with Crippen molar-refractivity contribution in [1.29, 1.82) is 0 Å². The molecule has 1 unspecified atom stereocenters. The lowest BCUT2D eigenvalue weighted by Gasteiger charge is -2.40. The fourth-order valence-electron chi connectivity index (χ4n) is 4.00. The van der Waals surface area contributed by atoms with Gasteiger partial charge >= 0.3 is 0 Å². The Kier molecular flexibility index (Phi) is 5.69. The van der Waals surface area contributed by atoms with Gasteiger partial charge in [0.25, 0.3) is 0 Å². The lowest BCUT2D eigenvalue weighted by molar-refractivity contribution is 0.0454. The number of hydrogen-bond acceptors (Lipinski definition) is 6. The molecule has 1 aromatic rings. The van der Waals surface area contributed by atoms with Crippen molar-refractivity contribution in [2.24, 2.45) is 0 Å². The summed E-state index contributed by atoms with van der Waals surface area (Å²) in [5, 5.41) is 0. The Morgan fingerprint density at radius 1 is 1.25 bits per heavy atom. The summed E-state index contributed by atoms with van der Waals surface area (Å²) in [7, 11) is 5.72. The van der Waals surface area contributed by atoms with Crippen LogP contribution in [0.5, 0.6) is 0 Å². The first-order chi connectivity index (χ1) is 11.6. The maximum Gasteiger partial charge on any atom is 0.225 e. The minimum atomic E-state index is 0.216. The summed E-state index contributed by atoms with van der Waals surface area (Å²) < 4.78 is 10.7. The Morgan fingerprint density at radius 2 is 2.12 bits per heavy atom. The van der Waals surface area contributed by atoms with E-state index >= 15 is 0 Å². The van der Waals surface area contributed by atoms with Crippen molar-refractivity contribution in [2.75, 3.05) is 65.6 Å². The molecule has 1 aliphatic carbocycles. The first kappa shape index (κ1) is 17.6. The molecule has 1 spiro atoms. The van der Waals surface area contributed by atoms with E-state index in [1.54, 1.807) is 7.11 Å². The largest absolute Gasteiger partial charge is 0.382 e. The molecule has 1 aromatic heterocycles. The van der Waals surface area contributed by atoms with Gasteiger partial charge in [-0.1, -0.05) is 0 Å². The van der Waals surface area contributed by atoms with E-state index in [1.807, 2.05) is 25.2 Å². The van der Waals surface area contributed by atoms with E-state index in [0.29, 0.717) is 13.2 Å². The van der Waals surface area contributed by atoms with Crippen LogP contribution < -0.4 is 4.90 Å². The van der Waals surface area contributed by atoms with Crippen LogP contribution in [0.15, 0.2) is 6.20 Å². The highest BCUT2D eigenvalue weighted by atomic mass is 16.5. The summed E-state index contributed by atoms with van der Waals surface area (Å²) >= 11 is 0. The summed E-state index contributed by atoms with van der Waals surface area (Å²) in [5.41, 5.74) is 2.86. The van der Waals surface area contributed by atoms with Crippen molar-refractivity contribution in [2.45, 2.75) is 31.1 Å². The van der Waals surface area contributed by atoms with Crippen LogP contribution in [0, 0.1) is 0 Å². The van der Waals surface area contributed by atoms with Crippen LogP contribution in [-0.4, -0.2) is 75.5 Å². The Balaban J connectivity index is 1.65. The molecule has 0 aromatic carbocycles. The lowest BCUT2D eigenvalue weighted by Crippen LogP contribution is -2.46. The van der Waals surface area contributed by atoms with Gasteiger partial charge in [-0.25, -0.2) is 9.97 Å². The van der Waals surface area contributed by atoms with E-state index in [0.717, 1.165) is 38.6 Å². The van der Waals surface area contributed by atoms with Gasteiger partial charge in [0.15, 0.2) is 0 Å². The van der Waals surface area contributed by atoms with Gasteiger partial charge < -0.3 is 19.3 Å². The second-order valence-corrected chi connectivity index (χ2v) is 7.20. The molecule has 0 bridgehead atoms. The SMILES string of the molecule is COCCOCCN1CCCC2(CCc3cnc(N(C)C)nc32)C1. The molecular weight excluding hydrogens is 304 g/mol. The molecule has 134 valence electrons. The number of likely N-dealkylation sites (tertiary alicyclic amines) is 1. The van der Waals surface area contributed by atoms with Crippen LogP contribution in [0.1, 0.15) is 30.5 Å². The zero-order valence-electron chi connectivity index (χ0n) is 15.3. The van der Waals surface area contributed by atoms with Crippen molar-refractivity contribution in [1.82, 2.24) is 14.9 Å². The van der Waals surface area contributed by atoms with Crippen LogP contribution >= 0.6 is 0 Å². The predicted octanol–water partition coefficient (Wildman–Crippen LogP) is 1.49. The van der Waals surface area contributed by atoms with Gasteiger partial charge in [0, 0.05) is 45.9 Å². The molecule has 2 heterocycles. The minimum Gasteiger partial charge on any atom is -0.382 e. The van der Waals surface area contributed by atoms with E-state index < -0.39 is 0 Å². The zero-order valence-corrected chi connectivity index (χ0v) is 15.3. The monoisotopic (exact) mass is 334 g/mol. The van der Waals surface area contributed by atoms with E-state index in [1.165, 1.54) is 30.5 Å². The zero-order chi connectivity index (χ0) is 17.0. The van der Waals surface area contributed by atoms with Crippen molar-refractivity contribution >= 4 is 5.95 Å². The average molecular weight is 334 g/mol. The molecule has 1 saturated heterocycles. The number of methoxy groups -OCH3 is 1. The van der Waals surface area contributed by atoms with Gasteiger partial charge in [-0.15, -0.1) is 0 Å². The third-order valence-corrected chi connectivity index (χ3v) is 5.27. The van der Waals surface area contributed by atoms with Crippen LogP contribution in [0.4, 0.5) is 5.95 Å². The minimum absolute atomic E-state index is 0.216. The van der Waals surface area contributed by atoms with Crippen LogP contribution in [0.3, 0.4) is 0 Å². The topological polar surface area (TPSA) is 50.7 Å². The third kappa shape index (κ3) is 3.71. The van der Waals surface area contributed by atoms with Crippen molar-refractivity contribution < 1.29 is 9.47 Å². The van der Waals surface area contributed by atoms with Gasteiger partial charge in [-0.2, -0.15) is 0 Å². The molecule has 0 saturated carbocycles. The molecule has 0 N–H and O–H groups in total. The quantitative estimate of drug-likeness (QED) is 0.704. The fourth-order valence-corrected chi connectivity index (χ4v) is 4.00. The van der Waals surface area contributed by atoms with Crippen LogP contribution in [0.2, 0.25) is 0 Å². The Labute approximate surface area is 145 Å². The smallest absolute Gasteiger partial charge is 0.225 e. The molecule has 1 fully saturated rings. The summed E-state index contributed by atoms with van der Waals surface area (Å²) in [6.45, 7) is 5.37. The summed E-state index contributed by atoms with van der Waals surface area (Å²) in [4.78, 5) is 14.0. The highest BCUT2D eigenvalue weighted by Crippen LogP contribution is 2.44. The summed E-state index contributed by atoms with van der Waals surface area (Å²) in [6.07, 6.45) is 6.83. The molecule has 6 nitrogen and oxygen atoms in total. The second kappa shape index (κ2) is 7.76. The molecule has 1 atom stereocenters. The van der Waals surface area contributed by atoms with Gasteiger partial charge in [-0.05, 0) is 37.8 Å². The summed E-state index contributed by atoms with van der Waals surface area (Å²) in [6, 6.07) is 0. The molecule has 3 rings (SSSR count). The van der Waals surface area contributed by atoms with Gasteiger partial charge in [-0.3, -0.25) is 0 Å². The Hall–Kier alpha value is -1.24. The number of nitrogens with zero attached hydrogens (tertiary/aromatic N) is 4. The maximum absolute atomic E-state index is 5.65. The molecule has 0 amide bonds. The van der Waals surface area contributed by atoms with E-state index in [9.17, 15) is 0 Å². The normalized spacial score (nSPS) is 23.6. The van der Waals surface area contributed by atoms with E-state index in [4.69, 9.17) is 14.5 Å². The first-order valence-corrected chi connectivity index (χ1v) is 8.97. The number of aromatic nitrogens is 2. The lowest BCUT2D eigenvalue weighted by atomic mass is 9.77. The van der Waals surface area contributed by atoms with Gasteiger partial charge in [0.1, 0.15) is 0 Å². The number of hydrogen-bond donors (Lipinski definition) is 0. The predicted molar refractivity (Wildman–Crippen MR) is 94.7 cm³/mol. The van der Waals surface area contributed by atoms with Crippen molar-refractivity contribution in [3.8, 4) is 0 Å². The standard InChI is InChI=1S/C18H30N4O2/c1-21(2)17-19-13-15-5-7-18(16(15)20-17)6-4-8-22(14-18)9-10-24-12-11-23-3/h13H,4-12,14H2,1-3H3. The molecule has 2 aliphatic rings. The average Bonchev–Trinajstić information content (AvgIpc) is 2.92. The summed E-state index contributed by atoms with van der Waals surface area (Å²) in [5.74, 6) is 0.829. The first-order valence-electron chi connectivity index (χ1n) is 8.97. The van der Waals surface area contributed by atoms with Gasteiger partial charge in [0.2, 0.25) is 5.95 Å². The van der Waals surface area contributed by atoms with Gasteiger partial charge in [0.05, 0.1) is 25.5 Å². The number of piperidine rings is 1.